The number of rotatable bonds is 5. The Balaban J connectivity index is 1.98. The van der Waals surface area contributed by atoms with Crippen molar-refractivity contribution in [3.8, 4) is 17.0 Å². The van der Waals surface area contributed by atoms with Crippen LogP contribution < -0.4 is 10.1 Å². The Morgan fingerprint density at radius 1 is 1.12 bits per heavy atom. The normalized spacial score (nSPS) is 11.8. The SMILES string of the molecule is CNC(=O)c1[nH]c(-c2ccc(F)cc2F)cc1O[C@H](C)c1ccccc1. The molecule has 4 nitrogen and oxygen atoms in total. The molecule has 134 valence electrons. The number of hydrogen-bond donors (Lipinski definition) is 2. The van der Waals surface area contributed by atoms with Crippen LogP contribution in [0.4, 0.5) is 8.78 Å². The van der Waals surface area contributed by atoms with E-state index < -0.39 is 17.5 Å². The third-order valence-electron chi connectivity index (χ3n) is 4.03. The number of carbonyl (C=O) groups excluding carboxylic acids is 1. The molecule has 3 aromatic rings. The van der Waals surface area contributed by atoms with E-state index in [1.807, 2.05) is 37.3 Å². The Bertz CT molecular complexity index is 923. The predicted molar refractivity (Wildman–Crippen MR) is 95.0 cm³/mol. The third kappa shape index (κ3) is 3.59. The van der Waals surface area contributed by atoms with Crippen molar-refractivity contribution in [2.45, 2.75) is 13.0 Å². The van der Waals surface area contributed by atoms with E-state index in [0.717, 1.165) is 17.7 Å². The van der Waals surface area contributed by atoms with Gasteiger partial charge in [0.05, 0.1) is 5.69 Å². The van der Waals surface area contributed by atoms with Crippen LogP contribution in [0.1, 0.15) is 29.1 Å². The molecule has 2 N–H and O–H groups in total. The number of aromatic amines is 1. The van der Waals surface area contributed by atoms with Crippen molar-refractivity contribution >= 4 is 5.91 Å². The fraction of sp³-hybridized carbons (Fsp3) is 0.150. The van der Waals surface area contributed by atoms with Crippen LogP contribution >= 0.6 is 0 Å². The van der Waals surface area contributed by atoms with Crippen molar-refractivity contribution in [3.63, 3.8) is 0 Å². The fourth-order valence-corrected chi connectivity index (χ4v) is 2.66. The summed E-state index contributed by atoms with van der Waals surface area (Å²) >= 11 is 0. The number of carbonyl (C=O) groups is 1. The van der Waals surface area contributed by atoms with Gasteiger partial charge in [0.1, 0.15) is 23.4 Å². The van der Waals surface area contributed by atoms with Crippen molar-refractivity contribution in [3.05, 3.63) is 77.5 Å². The molecule has 0 saturated heterocycles. The molecule has 0 fully saturated rings. The molecule has 0 unspecified atom stereocenters. The number of H-pyrrole nitrogens is 1. The van der Waals surface area contributed by atoms with Crippen LogP contribution in [-0.4, -0.2) is 17.9 Å². The van der Waals surface area contributed by atoms with Gasteiger partial charge in [-0.15, -0.1) is 0 Å². The summed E-state index contributed by atoms with van der Waals surface area (Å²) in [6.45, 7) is 1.86. The minimum absolute atomic E-state index is 0.152. The number of benzene rings is 2. The average molecular weight is 356 g/mol. The first-order valence-electron chi connectivity index (χ1n) is 8.11. The van der Waals surface area contributed by atoms with Gasteiger partial charge in [-0.05, 0) is 24.6 Å². The van der Waals surface area contributed by atoms with Crippen molar-refractivity contribution in [2.75, 3.05) is 7.05 Å². The van der Waals surface area contributed by atoms with Gasteiger partial charge in [0.2, 0.25) is 0 Å². The molecule has 1 heterocycles. The molecule has 0 aliphatic carbocycles. The first kappa shape index (κ1) is 17.7. The molecule has 0 spiro atoms. The zero-order valence-corrected chi connectivity index (χ0v) is 14.3. The summed E-state index contributed by atoms with van der Waals surface area (Å²) < 4.78 is 33.2. The van der Waals surface area contributed by atoms with Gasteiger partial charge < -0.3 is 15.0 Å². The minimum Gasteiger partial charge on any atom is -0.484 e. The van der Waals surface area contributed by atoms with E-state index in [2.05, 4.69) is 10.3 Å². The summed E-state index contributed by atoms with van der Waals surface area (Å²) in [6, 6.07) is 14.3. The van der Waals surface area contributed by atoms with Gasteiger partial charge >= 0.3 is 0 Å². The van der Waals surface area contributed by atoms with Crippen LogP contribution in [-0.2, 0) is 0 Å². The highest BCUT2D eigenvalue weighted by atomic mass is 19.1. The maximum absolute atomic E-state index is 14.1. The fourth-order valence-electron chi connectivity index (χ4n) is 2.66. The van der Waals surface area contributed by atoms with Crippen molar-refractivity contribution in [1.82, 2.24) is 10.3 Å². The Kier molecular flexibility index (Phi) is 5.02. The lowest BCUT2D eigenvalue weighted by atomic mass is 10.1. The molecule has 3 rings (SSSR count). The summed E-state index contributed by atoms with van der Waals surface area (Å²) in [5.41, 5.74) is 1.59. The van der Waals surface area contributed by atoms with Crippen LogP contribution in [0, 0.1) is 11.6 Å². The third-order valence-corrected chi connectivity index (χ3v) is 4.03. The van der Waals surface area contributed by atoms with Crippen LogP contribution in [0.25, 0.3) is 11.3 Å². The minimum atomic E-state index is -0.725. The Morgan fingerprint density at radius 3 is 2.50 bits per heavy atom. The molecule has 0 radical (unpaired) electrons. The zero-order valence-electron chi connectivity index (χ0n) is 14.3. The lowest BCUT2D eigenvalue weighted by Crippen LogP contribution is -2.19. The van der Waals surface area contributed by atoms with Crippen LogP contribution in [0.15, 0.2) is 54.6 Å². The molecular formula is C20H18F2N2O2. The molecule has 2 aromatic carbocycles. The molecule has 0 bridgehead atoms. The summed E-state index contributed by atoms with van der Waals surface area (Å²) in [5.74, 6) is -1.50. The molecule has 26 heavy (non-hydrogen) atoms. The molecular weight excluding hydrogens is 338 g/mol. The van der Waals surface area contributed by atoms with Gasteiger partial charge in [-0.2, -0.15) is 0 Å². The van der Waals surface area contributed by atoms with E-state index in [0.29, 0.717) is 11.4 Å². The van der Waals surface area contributed by atoms with Crippen LogP contribution in [0.3, 0.4) is 0 Å². The molecule has 1 amide bonds. The second kappa shape index (κ2) is 7.39. The smallest absolute Gasteiger partial charge is 0.271 e. The topological polar surface area (TPSA) is 54.1 Å². The average Bonchev–Trinajstić information content (AvgIpc) is 3.05. The van der Waals surface area contributed by atoms with Gasteiger partial charge in [-0.1, -0.05) is 30.3 Å². The summed E-state index contributed by atoms with van der Waals surface area (Å²) in [6.07, 6.45) is -0.318. The number of hydrogen-bond acceptors (Lipinski definition) is 2. The maximum atomic E-state index is 14.1. The Hall–Kier alpha value is -3.15. The molecule has 1 atom stereocenters. The zero-order chi connectivity index (χ0) is 18.7. The Labute approximate surface area is 149 Å². The monoisotopic (exact) mass is 356 g/mol. The number of ether oxygens (including phenoxy) is 1. The van der Waals surface area contributed by atoms with Gasteiger partial charge in [-0.3, -0.25) is 4.79 Å². The van der Waals surface area contributed by atoms with E-state index in [4.69, 9.17) is 4.74 Å². The van der Waals surface area contributed by atoms with Crippen molar-refractivity contribution < 1.29 is 18.3 Å². The molecule has 0 saturated carbocycles. The number of aromatic nitrogens is 1. The molecule has 0 aliphatic rings. The van der Waals surface area contributed by atoms with Gasteiger partial charge in [0, 0.05) is 24.7 Å². The number of halogens is 2. The van der Waals surface area contributed by atoms with E-state index in [1.165, 1.54) is 13.1 Å². The summed E-state index contributed by atoms with van der Waals surface area (Å²) in [5, 5.41) is 2.52. The standard InChI is InChI=1S/C20H18F2N2O2/c1-12(13-6-4-3-5-7-13)26-18-11-17(24-19(18)20(25)23-2)15-9-8-14(21)10-16(15)22/h3-12,24H,1-2H3,(H,23,25)/t12-/m1/s1. The molecule has 0 aliphatic heterocycles. The molecule has 1 aromatic heterocycles. The second-order valence-corrected chi connectivity index (χ2v) is 5.80. The quantitative estimate of drug-likeness (QED) is 0.709. The van der Waals surface area contributed by atoms with Crippen molar-refractivity contribution in [2.24, 2.45) is 0 Å². The number of nitrogens with one attached hydrogen (secondary N) is 2. The summed E-state index contributed by atoms with van der Waals surface area (Å²) in [7, 11) is 1.49. The highest BCUT2D eigenvalue weighted by molar-refractivity contribution is 5.96. The van der Waals surface area contributed by atoms with E-state index in [9.17, 15) is 13.6 Å². The first-order valence-corrected chi connectivity index (χ1v) is 8.11. The van der Waals surface area contributed by atoms with E-state index >= 15 is 0 Å². The van der Waals surface area contributed by atoms with Gasteiger partial charge in [-0.25, -0.2) is 8.78 Å². The first-order chi connectivity index (χ1) is 12.5. The summed E-state index contributed by atoms with van der Waals surface area (Å²) in [4.78, 5) is 15.0. The maximum Gasteiger partial charge on any atom is 0.271 e. The van der Waals surface area contributed by atoms with E-state index in [1.54, 1.807) is 6.07 Å². The van der Waals surface area contributed by atoms with Crippen molar-refractivity contribution in [1.29, 1.82) is 0 Å². The second-order valence-electron chi connectivity index (χ2n) is 5.80. The van der Waals surface area contributed by atoms with Crippen LogP contribution in [0.2, 0.25) is 0 Å². The van der Waals surface area contributed by atoms with Crippen LogP contribution in [0.5, 0.6) is 5.75 Å². The number of amides is 1. The van der Waals surface area contributed by atoms with Gasteiger partial charge in [0.15, 0.2) is 5.75 Å². The lowest BCUT2D eigenvalue weighted by molar-refractivity contribution is 0.0952. The predicted octanol–water partition coefficient (Wildman–Crippen LogP) is 4.46. The van der Waals surface area contributed by atoms with E-state index in [-0.39, 0.29) is 17.4 Å². The largest absolute Gasteiger partial charge is 0.484 e. The Morgan fingerprint density at radius 2 is 1.85 bits per heavy atom. The highest BCUT2D eigenvalue weighted by Crippen LogP contribution is 2.32. The lowest BCUT2D eigenvalue weighted by Gasteiger charge is -2.14. The molecule has 6 heteroatoms. The highest BCUT2D eigenvalue weighted by Gasteiger charge is 2.20. The van der Waals surface area contributed by atoms with Gasteiger partial charge in [0.25, 0.3) is 5.91 Å².